The Bertz CT molecular complexity index is 742. The molecular formula is C13H9BrClN2O4S+. The van der Waals surface area contributed by atoms with Crippen LogP contribution in [-0.2, 0) is 22.8 Å². The Morgan fingerprint density at radius 3 is 2.95 bits per heavy atom. The Labute approximate surface area is 143 Å². The molecule has 0 aliphatic carbocycles. The predicted molar refractivity (Wildman–Crippen MR) is 87.0 cm³/mol. The second-order valence-electron chi connectivity index (χ2n) is 4.43. The molecule has 1 saturated heterocycles. The Balaban J connectivity index is 1.79. The van der Waals surface area contributed by atoms with Crippen LogP contribution in [0.1, 0.15) is 16.7 Å². The van der Waals surface area contributed by atoms with Gasteiger partial charge in [0, 0.05) is 16.7 Å². The van der Waals surface area contributed by atoms with Gasteiger partial charge >= 0.3 is 5.44 Å². The first-order chi connectivity index (χ1) is 10.5. The second kappa shape index (κ2) is 6.41. The van der Waals surface area contributed by atoms with Gasteiger partial charge in [-0.05, 0) is 33.6 Å². The van der Waals surface area contributed by atoms with Crippen molar-refractivity contribution in [2.24, 2.45) is 0 Å². The summed E-state index contributed by atoms with van der Waals surface area (Å²) in [4.78, 5) is 14.7. The lowest BCUT2D eigenvalue weighted by Gasteiger charge is -2.08. The number of pyridine rings is 1. The van der Waals surface area contributed by atoms with E-state index in [1.807, 2.05) is 0 Å². The summed E-state index contributed by atoms with van der Waals surface area (Å²) < 4.78 is 11.7. The Kier molecular flexibility index (Phi) is 4.53. The van der Waals surface area contributed by atoms with Crippen LogP contribution in [0.2, 0.25) is 5.02 Å². The van der Waals surface area contributed by atoms with Crippen molar-refractivity contribution in [1.82, 2.24) is 4.98 Å². The monoisotopic (exact) mass is 403 g/mol. The summed E-state index contributed by atoms with van der Waals surface area (Å²) in [5.41, 5.74) is 1.16. The van der Waals surface area contributed by atoms with Gasteiger partial charge in [0.1, 0.15) is 11.6 Å². The van der Waals surface area contributed by atoms with Crippen LogP contribution in [0.5, 0.6) is 5.75 Å². The smallest absolute Gasteiger partial charge is 0.342 e. The summed E-state index contributed by atoms with van der Waals surface area (Å²) in [6, 6.07) is 6.37. The number of hydrogen-bond acceptors (Lipinski definition) is 5. The van der Waals surface area contributed by atoms with Gasteiger partial charge < -0.3 is 4.74 Å². The molecule has 1 aliphatic rings. The van der Waals surface area contributed by atoms with E-state index in [-0.39, 0.29) is 22.8 Å². The molecule has 1 fully saturated rings. The molecule has 3 rings (SSSR count). The van der Waals surface area contributed by atoms with Gasteiger partial charge in [0.2, 0.25) is 0 Å². The molecule has 0 spiro atoms. The molecule has 9 heteroatoms. The van der Waals surface area contributed by atoms with Crippen LogP contribution >= 0.6 is 27.5 Å². The highest BCUT2D eigenvalue weighted by Crippen LogP contribution is 2.38. The topological polar surface area (TPSA) is 77.8 Å². The van der Waals surface area contributed by atoms with Crippen LogP contribution < -0.4 is 4.74 Å². The first-order valence-electron chi connectivity index (χ1n) is 6.11. The number of halogens is 2. The average molecular weight is 405 g/mol. The van der Waals surface area contributed by atoms with Crippen LogP contribution in [0, 0.1) is 10.1 Å². The van der Waals surface area contributed by atoms with E-state index in [1.165, 1.54) is 12.1 Å². The molecule has 0 N–H and O–H groups in total. The molecule has 22 heavy (non-hydrogen) atoms. The SMILES string of the molecule is O=[N+]([O-])c1cc(COc2cc(Br)cnc2[C@@H]2O[SH+]2)ccc1Cl. The highest BCUT2D eigenvalue weighted by Gasteiger charge is 2.44. The normalized spacial score (nSPS) is 16.4. The minimum absolute atomic E-state index is 0.0670. The quantitative estimate of drug-likeness (QED) is 0.249. The van der Waals surface area contributed by atoms with E-state index in [0.29, 0.717) is 17.0 Å². The molecule has 114 valence electrons. The second-order valence-corrected chi connectivity index (χ2v) is 6.65. The lowest BCUT2D eigenvalue weighted by molar-refractivity contribution is -0.384. The number of nitrogens with zero attached hydrogens (tertiary/aromatic N) is 2. The van der Waals surface area contributed by atoms with Crippen LogP contribution in [0.15, 0.2) is 34.9 Å². The summed E-state index contributed by atoms with van der Waals surface area (Å²) in [6.45, 7) is 0.173. The van der Waals surface area contributed by atoms with Crippen molar-refractivity contribution in [2.45, 2.75) is 12.0 Å². The van der Waals surface area contributed by atoms with E-state index in [0.717, 1.165) is 16.5 Å². The van der Waals surface area contributed by atoms with Gasteiger partial charge in [-0.2, -0.15) is 0 Å². The van der Waals surface area contributed by atoms with Crippen molar-refractivity contribution in [2.75, 3.05) is 0 Å². The third-order valence-electron chi connectivity index (χ3n) is 2.89. The number of nitro groups is 1. The highest BCUT2D eigenvalue weighted by atomic mass is 79.9. The summed E-state index contributed by atoms with van der Waals surface area (Å²) in [5, 5.41) is 11.0. The molecule has 0 bridgehead atoms. The number of ether oxygens (including phenoxy) is 1. The average Bonchev–Trinajstić information content (AvgIpc) is 3.31. The zero-order chi connectivity index (χ0) is 15.7. The molecule has 1 aromatic heterocycles. The van der Waals surface area contributed by atoms with Gasteiger partial charge in [-0.1, -0.05) is 17.7 Å². The lowest BCUT2D eigenvalue weighted by atomic mass is 10.2. The number of hydrogen-bond donors (Lipinski definition) is 0. The van der Waals surface area contributed by atoms with Gasteiger partial charge in [0.05, 0.1) is 4.92 Å². The van der Waals surface area contributed by atoms with E-state index in [4.69, 9.17) is 20.5 Å². The van der Waals surface area contributed by atoms with Crippen LogP contribution in [0.25, 0.3) is 0 Å². The third-order valence-corrected chi connectivity index (χ3v) is 4.31. The highest BCUT2D eigenvalue weighted by molar-refractivity contribution is 9.10. The van der Waals surface area contributed by atoms with E-state index in [9.17, 15) is 10.1 Å². The Morgan fingerprint density at radius 2 is 2.27 bits per heavy atom. The number of aromatic nitrogens is 1. The molecule has 2 aromatic rings. The minimum atomic E-state index is -0.519. The van der Waals surface area contributed by atoms with Crippen LogP contribution in [-0.4, -0.2) is 9.91 Å². The van der Waals surface area contributed by atoms with Crippen molar-refractivity contribution < 1.29 is 13.8 Å². The molecule has 0 unspecified atom stereocenters. The van der Waals surface area contributed by atoms with E-state index in [2.05, 4.69) is 20.9 Å². The zero-order valence-corrected chi connectivity index (χ0v) is 14.1. The van der Waals surface area contributed by atoms with Crippen molar-refractivity contribution in [3.63, 3.8) is 0 Å². The maximum absolute atomic E-state index is 10.9. The Morgan fingerprint density at radius 1 is 1.50 bits per heavy atom. The summed E-state index contributed by atoms with van der Waals surface area (Å²) in [5.74, 6) is 0.585. The maximum atomic E-state index is 10.9. The fourth-order valence-corrected chi connectivity index (χ4v) is 2.76. The largest absolute Gasteiger partial charge is 0.487 e. The summed E-state index contributed by atoms with van der Waals surface area (Å²) >= 11 is 9.98. The van der Waals surface area contributed by atoms with E-state index < -0.39 is 4.92 Å². The summed E-state index contributed by atoms with van der Waals surface area (Å²) in [7, 11) is 0. The molecule has 0 amide bonds. The van der Waals surface area contributed by atoms with Gasteiger partial charge in [0.25, 0.3) is 5.69 Å². The third kappa shape index (κ3) is 3.52. The predicted octanol–water partition coefficient (Wildman–Crippen LogP) is 3.74. The van der Waals surface area contributed by atoms with Crippen LogP contribution in [0.3, 0.4) is 0 Å². The van der Waals surface area contributed by atoms with Crippen LogP contribution in [0.4, 0.5) is 5.69 Å². The van der Waals surface area contributed by atoms with E-state index >= 15 is 0 Å². The fraction of sp³-hybridized carbons (Fsp3) is 0.154. The minimum Gasteiger partial charge on any atom is -0.487 e. The van der Waals surface area contributed by atoms with Gasteiger partial charge in [-0.25, -0.2) is 4.98 Å². The molecule has 1 atom stereocenters. The molecule has 6 nitrogen and oxygen atoms in total. The fourth-order valence-electron chi connectivity index (χ4n) is 1.81. The van der Waals surface area contributed by atoms with Gasteiger partial charge in [-0.15, -0.1) is 4.18 Å². The standard InChI is InChI=1S/C13H8BrClN2O4S/c14-8-4-11(12(16-5-8)13-21-22-13)20-6-7-1-2-9(15)10(3-7)17(18)19/h1-5,13H,6H2/p+1/t13-/m1/s1. The first-order valence-corrected chi connectivity index (χ1v) is 8.17. The first kappa shape index (κ1) is 15.5. The molecule has 1 aromatic carbocycles. The number of benzene rings is 1. The number of thiol groups is 1. The number of rotatable bonds is 5. The molecule has 0 radical (unpaired) electrons. The Hall–Kier alpha value is -1.35. The number of nitro benzene ring substituents is 1. The summed E-state index contributed by atoms with van der Waals surface area (Å²) in [6.07, 6.45) is 1.67. The zero-order valence-electron chi connectivity index (χ0n) is 10.9. The molecule has 2 heterocycles. The molecule has 1 aliphatic heterocycles. The van der Waals surface area contributed by atoms with E-state index in [1.54, 1.807) is 18.3 Å². The maximum Gasteiger partial charge on any atom is 0.342 e. The van der Waals surface area contributed by atoms with Gasteiger partial charge in [-0.3, -0.25) is 10.1 Å². The lowest BCUT2D eigenvalue weighted by Crippen LogP contribution is -2.01. The van der Waals surface area contributed by atoms with Crippen molar-refractivity contribution in [3.8, 4) is 5.75 Å². The van der Waals surface area contributed by atoms with Crippen molar-refractivity contribution >= 4 is 45.3 Å². The van der Waals surface area contributed by atoms with Crippen molar-refractivity contribution in [1.29, 1.82) is 0 Å². The molecular weight excluding hydrogens is 396 g/mol. The van der Waals surface area contributed by atoms with Crippen molar-refractivity contribution in [3.05, 3.63) is 61.3 Å². The van der Waals surface area contributed by atoms with Gasteiger partial charge in [0.15, 0.2) is 23.5 Å². The molecule has 0 saturated carbocycles.